The minimum atomic E-state index is -1.32. The molecule has 4 heteroatoms. The Kier molecular flexibility index (Phi) is 5.01. The van der Waals surface area contributed by atoms with Crippen molar-refractivity contribution in [2.24, 2.45) is 0 Å². The van der Waals surface area contributed by atoms with Crippen LogP contribution >= 0.6 is 0 Å². The van der Waals surface area contributed by atoms with E-state index in [2.05, 4.69) is 39.1 Å². The Morgan fingerprint density at radius 3 is 1.67 bits per heavy atom. The van der Waals surface area contributed by atoms with Gasteiger partial charge in [0.15, 0.2) is 0 Å². The summed E-state index contributed by atoms with van der Waals surface area (Å²) >= 11 is 0.0582. The average Bonchev–Trinajstić information content (AvgIpc) is 2.72. The Morgan fingerprint density at radius 2 is 1.28 bits per heavy atom. The Morgan fingerprint density at radius 1 is 0.889 bits per heavy atom. The summed E-state index contributed by atoms with van der Waals surface area (Å²) in [5, 5.41) is 3.67. The fourth-order valence-corrected chi connectivity index (χ4v) is 13.5. The first-order valence-corrected chi connectivity index (χ1v) is 10.7. The van der Waals surface area contributed by atoms with Gasteiger partial charge >= 0.3 is 108 Å². The molecule has 0 nitrogen and oxygen atoms in total. The van der Waals surface area contributed by atoms with Gasteiger partial charge in [0.05, 0.1) is 0 Å². The standard InChI is InChI=1S/C14H18Si.2ClH.Ti/c1-11-7-5-9-13(11)15(3,4)14-10-6-8-12(14)2;;;/h7-8H,5-6H2,1-4H3;2*1H;/q;;;+2/p-2. The molecule has 1 aliphatic heterocycles. The first kappa shape index (κ1) is 16.5. The Hall–Kier alpha value is 0.471. The van der Waals surface area contributed by atoms with Crippen molar-refractivity contribution in [1.82, 2.24) is 0 Å². The molecule has 0 aromatic heterocycles. The molecule has 2 aliphatic carbocycles. The van der Waals surface area contributed by atoms with E-state index in [-0.39, 0.29) is 44.0 Å². The molecule has 0 aromatic carbocycles. The molecule has 0 spiro atoms. The molecule has 0 unspecified atom stereocenters. The van der Waals surface area contributed by atoms with E-state index in [4.69, 9.17) is 0 Å². The molecule has 96 valence electrons. The van der Waals surface area contributed by atoms with E-state index in [1.807, 2.05) is 18.1 Å². The van der Waals surface area contributed by atoms with E-state index in [1.165, 1.54) is 12.8 Å². The Labute approximate surface area is 132 Å². The molecule has 3 aliphatic rings. The summed E-state index contributed by atoms with van der Waals surface area (Å²) in [5.74, 6) is 0. The van der Waals surface area contributed by atoms with Crippen LogP contribution in [0.15, 0.2) is 41.4 Å². The zero-order chi connectivity index (χ0) is 11.5. The second kappa shape index (κ2) is 5.46. The number of halogens is 2. The van der Waals surface area contributed by atoms with Crippen LogP contribution in [0.2, 0.25) is 13.1 Å². The van der Waals surface area contributed by atoms with E-state index in [1.54, 1.807) is 11.1 Å². The van der Waals surface area contributed by atoms with E-state index in [0.717, 1.165) is 0 Å². The van der Waals surface area contributed by atoms with Gasteiger partial charge < -0.3 is 24.8 Å². The summed E-state index contributed by atoms with van der Waals surface area (Å²) in [5.41, 5.74) is 3.23. The predicted octanol–water partition coefficient (Wildman–Crippen LogP) is -1.91. The summed E-state index contributed by atoms with van der Waals surface area (Å²) < 4.78 is 3.74. The monoisotopic (exact) mass is 332 g/mol. The van der Waals surface area contributed by atoms with Crippen LogP contribution in [0.4, 0.5) is 0 Å². The van der Waals surface area contributed by atoms with Crippen molar-refractivity contribution in [2.45, 2.75) is 39.8 Å². The molecule has 0 fully saturated rings. The number of hydrogen-bond acceptors (Lipinski definition) is 0. The molecule has 0 N–H and O–H groups in total. The summed E-state index contributed by atoms with van der Waals surface area (Å²) in [6.07, 6.45) is 7.52. The van der Waals surface area contributed by atoms with Gasteiger partial charge in [-0.25, -0.2) is 0 Å². The SMILES string of the molecule is CC1=CC[C]2=C1[Si](C)(C)C1=[C](CC=C1C)[Ti+2]2.[Cl-].[Cl-]. The minimum absolute atomic E-state index is 0. The summed E-state index contributed by atoms with van der Waals surface area (Å²) in [4.78, 5) is 0. The van der Waals surface area contributed by atoms with Gasteiger partial charge in [0.25, 0.3) is 0 Å². The second-order valence-corrected chi connectivity index (χ2v) is 12.2. The molecule has 3 rings (SSSR count). The maximum absolute atomic E-state index is 2.56. The van der Waals surface area contributed by atoms with Gasteiger partial charge in [-0.1, -0.05) is 0 Å². The normalized spacial score (nSPS) is 22.9. The molecule has 0 radical (unpaired) electrons. The zero-order valence-electron chi connectivity index (χ0n) is 11.3. The van der Waals surface area contributed by atoms with Crippen LogP contribution < -0.4 is 24.8 Å². The topological polar surface area (TPSA) is 0 Å². The third-order valence-corrected chi connectivity index (χ3v) is 11.2. The van der Waals surface area contributed by atoms with Gasteiger partial charge in [-0.05, 0) is 0 Å². The fourth-order valence-electron chi connectivity index (χ4n) is 3.67. The number of hydrogen-bond donors (Lipinski definition) is 0. The molecule has 0 saturated carbocycles. The molecule has 1 heterocycles. The Balaban J connectivity index is 0.000000810. The minimum Gasteiger partial charge on any atom is -1.00 e. The molecule has 0 aromatic rings. The average molecular weight is 333 g/mol. The van der Waals surface area contributed by atoms with Gasteiger partial charge in [-0.3, -0.25) is 0 Å². The summed E-state index contributed by atoms with van der Waals surface area (Å²) in [6.45, 7) is 9.80. The van der Waals surface area contributed by atoms with Gasteiger partial charge in [-0.2, -0.15) is 0 Å². The van der Waals surface area contributed by atoms with Crippen molar-refractivity contribution in [1.29, 1.82) is 0 Å². The molecular formula is C14H18Cl2SiTi. The molecule has 18 heavy (non-hydrogen) atoms. The van der Waals surface area contributed by atoms with Crippen LogP contribution in [0.5, 0.6) is 0 Å². The summed E-state index contributed by atoms with van der Waals surface area (Å²) in [6, 6.07) is 0. The maximum Gasteiger partial charge on any atom is -1.00 e. The van der Waals surface area contributed by atoms with Crippen LogP contribution in [0.1, 0.15) is 26.7 Å². The third-order valence-electron chi connectivity index (χ3n) is 4.17. The van der Waals surface area contributed by atoms with E-state index < -0.39 is 8.07 Å². The first-order valence-electron chi connectivity index (χ1n) is 6.10. The van der Waals surface area contributed by atoms with Gasteiger partial charge in [0, 0.05) is 0 Å². The molecule has 0 bridgehead atoms. The van der Waals surface area contributed by atoms with E-state index in [0.29, 0.717) is 0 Å². The van der Waals surface area contributed by atoms with Crippen LogP contribution in [-0.2, 0) is 19.2 Å². The molecular weight excluding hydrogens is 315 g/mol. The quantitative estimate of drug-likeness (QED) is 0.454. The van der Waals surface area contributed by atoms with Crippen molar-refractivity contribution in [3.05, 3.63) is 41.4 Å². The molecule has 0 atom stereocenters. The smallest absolute Gasteiger partial charge is 1.00 e. The van der Waals surface area contributed by atoms with Crippen molar-refractivity contribution in [2.75, 3.05) is 0 Å². The second-order valence-electron chi connectivity index (χ2n) is 5.64. The van der Waals surface area contributed by atoms with Crippen LogP contribution in [-0.4, -0.2) is 8.07 Å². The fraction of sp³-hybridized carbons (Fsp3) is 0.429. The first-order chi connectivity index (χ1) is 7.51. The van der Waals surface area contributed by atoms with Gasteiger partial charge in [-0.15, -0.1) is 0 Å². The van der Waals surface area contributed by atoms with Crippen LogP contribution in [0, 0.1) is 0 Å². The van der Waals surface area contributed by atoms with Crippen LogP contribution in [0.25, 0.3) is 0 Å². The summed E-state index contributed by atoms with van der Waals surface area (Å²) in [7, 11) is -1.32. The third kappa shape index (κ3) is 2.19. The predicted molar refractivity (Wildman–Crippen MR) is 68.3 cm³/mol. The van der Waals surface area contributed by atoms with Crippen molar-refractivity contribution in [3.63, 3.8) is 0 Å². The number of rotatable bonds is 0. The largest absolute Gasteiger partial charge is 1.00 e. The maximum atomic E-state index is 2.56. The van der Waals surface area contributed by atoms with Crippen molar-refractivity contribution >= 4 is 8.07 Å². The Bertz CT molecular complexity index is 466. The van der Waals surface area contributed by atoms with Gasteiger partial charge in [0.1, 0.15) is 0 Å². The van der Waals surface area contributed by atoms with E-state index >= 15 is 0 Å². The van der Waals surface area contributed by atoms with E-state index in [9.17, 15) is 0 Å². The van der Waals surface area contributed by atoms with Crippen LogP contribution in [0.3, 0.4) is 0 Å². The number of allylic oxidation sites excluding steroid dienone is 8. The van der Waals surface area contributed by atoms with Crippen molar-refractivity contribution in [3.8, 4) is 0 Å². The van der Waals surface area contributed by atoms with Crippen molar-refractivity contribution < 1.29 is 44.0 Å². The molecule has 0 amide bonds. The zero-order valence-corrected chi connectivity index (χ0v) is 15.4. The van der Waals surface area contributed by atoms with Gasteiger partial charge in [0.2, 0.25) is 0 Å². The molecule has 0 saturated heterocycles.